The molecule has 0 heterocycles. The zero-order valence-electron chi connectivity index (χ0n) is 10.6. The molecule has 0 fully saturated rings. The molecule has 0 radical (unpaired) electrons. The van der Waals surface area contributed by atoms with Crippen LogP contribution in [0.3, 0.4) is 0 Å². The number of nitrogens with one attached hydrogen (secondary N) is 1. The predicted octanol–water partition coefficient (Wildman–Crippen LogP) is 0.950. The van der Waals surface area contributed by atoms with Crippen molar-refractivity contribution < 1.29 is 14.8 Å². The minimum absolute atomic E-state index is 0.246. The molecule has 1 amide bonds. The smallest absolute Gasteiger partial charge is 0.423 e. The van der Waals surface area contributed by atoms with Crippen LogP contribution in [0.4, 0.5) is 0 Å². The first-order valence-electron chi connectivity index (χ1n) is 6.05. The van der Waals surface area contributed by atoms with Crippen molar-refractivity contribution in [2.45, 2.75) is 6.54 Å². The summed E-state index contributed by atoms with van der Waals surface area (Å²) in [6.07, 6.45) is 0. The molecule has 0 saturated heterocycles. The zero-order valence-corrected chi connectivity index (χ0v) is 11.3. The second-order valence-corrected chi connectivity index (χ2v) is 4.68. The van der Waals surface area contributed by atoms with Crippen molar-refractivity contribution in [2.24, 2.45) is 0 Å². The number of carbonyl (C=O) groups is 1. The molecule has 0 unspecified atom stereocenters. The van der Waals surface area contributed by atoms with Crippen molar-refractivity contribution >= 4 is 30.1 Å². The van der Waals surface area contributed by atoms with Gasteiger partial charge in [0.15, 0.2) is 0 Å². The van der Waals surface area contributed by atoms with Crippen molar-refractivity contribution in [1.29, 1.82) is 0 Å². The Labute approximate surface area is 122 Å². The summed E-state index contributed by atoms with van der Waals surface area (Å²) in [5.74, 6) is -0.246. The van der Waals surface area contributed by atoms with E-state index in [-0.39, 0.29) is 5.91 Å². The second-order valence-electron chi connectivity index (χ2n) is 4.27. The summed E-state index contributed by atoms with van der Waals surface area (Å²) in [6.45, 7) is 0.336. The summed E-state index contributed by atoms with van der Waals surface area (Å²) in [5, 5.41) is 21.3. The van der Waals surface area contributed by atoms with E-state index < -0.39 is 7.12 Å². The Kier molecular flexibility index (Phi) is 4.79. The van der Waals surface area contributed by atoms with E-state index in [4.69, 9.17) is 21.6 Å². The Hall–Kier alpha value is -1.82. The third kappa shape index (κ3) is 3.60. The molecule has 0 aliphatic heterocycles. The van der Waals surface area contributed by atoms with E-state index in [0.717, 1.165) is 5.56 Å². The lowest BCUT2D eigenvalue weighted by atomic mass is 9.80. The van der Waals surface area contributed by atoms with Gasteiger partial charge in [-0.2, -0.15) is 0 Å². The van der Waals surface area contributed by atoms with E-state index in [1.54, 1.807) is 6.07 Å². The normalized spacial score (nSPS) is 10.2. The highest BCUT2D eigenvalue weighted by molar-refractivity contribution is 6.58. The van der Waals surface area contributed by atoms with Gasteiger partial charge in [0.25, 0.3) is 5.91 Å². The highest BCUT2D eigenvalue weighted by atomic mass is 35.5. The van der Waals surface area contributed by atoms with Gasteiger partial charge >= 0.3 is 7.12 Å². The monoisotopic (exact) mass is 289 g/mol. The first-order valence-corrected chi connectivity index (χ1v) is 6.43. The molecule has 2 aromatic rings. The molecular formula is C14H13BClNO3. The summed E-state index contributed by atoms with van der Waals surface area (Å²) < 4.78 is 0. The Bertz CT molecular complexity index is 602. The van der Waals surface area contributed by atoms with Crippen LogP contribution in [0.15, 0.2) is 48.5 Å². The molecule has 102 valence electrons. The van der Waals surface area contributed by atoms with Gasteiger partial charge in [0, 0.05) is 17.1 Å². The number of rotatable bonds is 4. The van der Waals surface area contributed by atoms with Gasteiger partial charge in [0.2, 0.25) is 0 Å². The number of hydrogen-bond donors (Lipinski definition) is 3. The van der Waals surface area contributed by atoms with E-state index >= 15 is 0 Å². The molecule has 4 nitrogen and oxygen atoms in total. The van der Waals surface area contributed by atoms with E-state index in [1.165, 1.54) is 24.3 Å². The van der Waals surface area contributed by atoms with Crippen molar-refractivity contribution in [1.82, 2.24) is 5.32 Å². The van der Waals surface area contributed by atoms with Crippen LogP contribution in [0.1, 0.15) is 15.9 Å². The molecular weight excluding hydrogens is 276 g/mol. The summed E-state index contributed by atoms with van der Waals surface area (Å²) in [4.78, 5) is 11.9. The quantitative estimate of drug-likeness (QED) is 0.734. The molecule has 6 heteroatoms. The van der Waals surface area contributed by atoms with Gasteiger partial charge in [-0.1, -0.05) is 41.9 Å². The Balaban J connectivity index is 2.00. The molecule has 0 aliphatic rings. The van der Waals surface area contributed by atoms with Crippen LogP contribution in [0.25, 0.3) is 0 Å². The Morgan fingerprint density at radius 3 is 2.35 bits per heavy atom. The third-order valence-electron chi connectivity index (χ3n) is 2.87. The van der Waals surface area contributed by atoms with Crippen molar-refractivity contribution in [3.8, 4) is 0 Å². The average Bonchev–Trinajstić information content (AvgIpc) is 2.46. The maximum atomic E-state index is 11.9. The Morgan fingerprint density at radius 1 is 1.10 bits per heavy atom. The van der Waals surface area contributed by atoms with E-state index in [9.17, 15) is 4.79 Å². The molecule has 20 heavy (non-hydrogen) atoms. The molecule has 0 bridgehead atoms. The van der Waals surface area contributed by atoms with Crippen LogP contribution in [-0.4, -0.2) is 23.1 Å². The zero-order chi connectivity index (χ0) is 14.5. The number of carbonyl (C=O) groups excluding carboxylic acids is 1. The minimum Gasteiger partial charge on any atom is -0.423 e. The number of hydrogen-bond acceptors (Lipinski definition) is 3. The lowest BCUT2D eigenvalue weighted by molar-refractivity contribution is 0.0951. The van der Waals surface area contributed by atoms with Gasteiger partial charge < -0.3 is 15.4 Å². The standard InChI is InChI=1S/C14H13BClNO3/c16-13-4-2-1-3-11(13)9-17-14(18)10-5-7-12(8-6-10)15(19)20/h1-8,19-20H,9H2,(H,17,18). The largest absolute Gasteiger partial charge is 0.488 e. The number of benzene rings is 2. The molecule has 3 N–H and O–H groups in total. The fourth-order valence-electron chi connectivity index (χ4n) is 1.73. The van der Waals surface area contributed by atoms with Crippen LogP contribution in [0.2, 0.25) is 5.02 Å². The van der Waals surface area contributed by atoms with Gasteiger partial charge in [0.05, 0.1) is 0 Å². The van der Waals surface area contributed by atoms with Gasteiger partial charge in [-0.15, -0.1) is 0 Å². The molecule has 0 saturated carbocycles. The Morgan fingerprint density at radius 2 is 1.75 bits per heavy atom. The minimum atomic E-state index is -1.53. The highest BCUT2D eigenvalue weighted by Gasteiger charge is 2.12. The summed E-state index contributed by atoms with van der Waals surface area (Å²) in [6, 6.07) is 13.4. The lowest BCUT2D eigenvalue weighted by Gasteiger charge is -2.07. The lowest BCUT2D eigenvalue weighted by Crippen LogP contribution is -2.30. The number of halogens is 1. The molecule has 0 aromatic heterocycles. The highest BCUT2D eigenvalue weighted by Crippen LogP contribution is 2.14. The first-order chi connectivity index (χ1) is 9.58. The second kappa shape index (κ2) is 6.57. The van der Waals surface area contributed by atoms with Gasteiger partial charge in [-0.05, 0) is 29.2 Å². The first kappa shape index (κ1) is 14.6. The van der Waals surface area contributed by atoms with Crippen LogP contribution in [-0.2, 0) is 6.54 Å². The summed E-state index contributed by atoms with van der Waals surface area (Å²) in [7, 11) is -1.53. The molecule has 0 atom stereocenters. The summed E-state index contributed by atoms with van der Waals surface area (Å²) >= 11 is 6.00. The maximum Gasteiger partial charge on any atom is 0.488 e. The van der Waals surface area contributed by atoms with Crippen LogP contribution >= 0.6 is 11.6 Å². The fourth-order valence-corrected chi connectivity index (χ4v) is 1.93. The average molecular weight is 290 g/mol. The molecule has 2 aromatic carbocycles. The molecule has 0 aliphatic carbocycles. The SMILES string of the molecule is O=C(NCc1ccccc1Cl)c1ccc(B(O)O)cc1. The van der Waals surface area contributed by atoms with E-state index in [1.807, 2.05) is 18.2 Å². The van der Waals surface area contributed by atoms with Crippen LogP contribution in [0, 0.1) is 0 Å². The third-order valence-corrected chi connectivity index (χ3v) is 3.24. The van der Waals surface area contributed by atoms with Gasteiger partial charge in [0.1, 0.15) is 0 Å². The van der Waals surface area contributed by atoms with E-state index in [2.05, 4.69) is 5.32 Å². The molecule has 0 spiro atoms. The van der Waals surface area contributed by atoms with Crippen molar-refractivity contribution in [3.63, 3.8) is 0 Å². The van der Waals surface area contributed by atoms with Crippen molar-refractivity contribution in [2.75, 3.05) is 0 Å². The summed E-state index contributed by atoms with van der Waals surface area (Å²) in [5.41, 5.74) is 1.62. The van der Waals surface area contributed by atoms with E-state index in [0.29, 0.717) is 22.6 Å². The van der Waals surface area contributed by atoms with Crippen molar-refractivity contribution in [3.05, 3.63) is 64.7 Å². The molecule has 2 rings (SSSR count). The number of amides is 1. The fraction of sp³-hybridized carbons (Fsp3) is 0.0714. The maximum absolute atomic E-state index is 11.9. The van der Waals surface area contributed by atoms with Gasteiger partial charge in [-0.25, -0.2) is 0 Å². The predicted molar refractivity (Wildman–Crippen MR) is 78.9 cm³/mol. The van der Waals surface area contributed by atoms with Crippen LogP contribution in [0.5, 0.6) is 0 Å². The topological polar surface area (TPSA) is 69.6 Å². The van der Waals surface area contributed by atoms with Crippen LogP contribution < -0.4 is 10.8 Å². The van der Waals surface area contributed by atoms with Gasteiger partial charge in [-0.3, -0.25) is 4.79 Å².